The zero-order valence-corrected chi connectivity index (χ0v) is 19.6. The Labute approximate surface area is 201 Å². The van der Waals surface area contributed by atoms with E-state index < -0.39 is 60.4 Å². The normalized spacial score (nSPS) is 17.8. The Bertz CT molecular complexity index is 970. The molecule has 190 valence electrons. The second kappa shape index (κ2) is 12.5. The molecule has 35 heavy (non-hydrogen) atoms. The summed E-state index contributed by atoms with van der Waals surface area (Å²) in [6.07, 6.45) is -2.31. The van der Waals surface area contributed by atoms with Gasteiger partial charge in [0.15, 0.2) is 12.2 Å². The number of carbonyl (C=O) groups excluding carboxylic acids is 6. The number of rotatable bonds is 11. The van der Waals surface area contributed by atoms with E-state index in [1.165, 1.54) is 13.8 Å². The van der Waals surface area contributed by atoms with Crippen molar-refractivity contribution in [3.63, 3.8) is 0 Å². The molecule has 1 aromatic rings. The summed E-state index contributed by atoms with van der Waals surface area (Å²) in [5, 5.41) is 5.56. The van der Waals surface area contributed by atoms with Gasteiger partial charge in [0.25, 0.3) is 11.8 Å². The summed E-state index contributed by atoms with van der Waals surface area (Å²) in [7, 11) is 0. The van der Waals surface area contributed by atoms with Crippen LogP contribution in [-0.2, 0) is 44.7 Å². The molecule has 4 atom stereocenters. The minimum Gasteiger partial charge on any atom is -0.464 e. The predicted octanol–water partition coefficient (Wildman–Crippen LogP) is -2.09. The van der Waals surface area contributed by atoms with E-state index in [9.17, 15) is 28.8 Å². The smallest absolute Gasteiger partial charge is 0.338 e. The topological polar surface area (TPSA) is 190 Å². The van der Waals surface area contributed by atoms with E-state index in [-0.39, 0.29) is 18.9 Å². The first-order valence-electron chi connectivity index (χ1n) is 10.9. The van der Waals surface area contributed by atoms with Gasteiger partial charge in [-0.1, -0.05) is 30.3 Å². The van der Waals surface area contributed by atoms with Crippen molar-refractivity contribution in [1.82, 2.24) is 21.1 Å². The summed E-state index contributed by atoms with van der Waals surface area (Å²) < 4.78 is 9.76. The fourth-order valence-electron chi connectivity index (χ4n) is 2.96. The number of ether oxygens (including phenoxy) is 2. The number of hydrogen-bond donors (Lipinski definition) is 4. The van der Waals surface area contributed by atoms with Gasteiger partial charge in [0, 0.05) is 0 Å². The van der Waals surface area contributed by atoms with Gasteiger partial charge in [-0.25, -0.2) is 9.80 Å². The molecule has 5 N–H and O–H groups in total. The van der Waals surface area contributed by atoms with Crippen molar-refractivity contribution in [2.24, 2.45) is 5.73 Å². The fourth-order valence-corrected chi connectivity index (χ4v) is 2.96. The standard InChI is InChI=1S/C22H29N5O8/c1-4-34-22(33)18-17(35-18)21(32)27(11-15(23)28)26-20(31)13(3)25-19(30)12(2)24-16(29)10-14-8-6-5-7-9-14/h5-9,12-13,17-18H,4,10-11H2,1-3H3,(H2,23,28)(H,24,29)(H,25,30)(H,26,31)/t12-,13-,17?,18?/m1/s1. The number of nitrogens with one attached hydrogen (secondary N) is 3. The van der Waals surface area contributed by atoms with E-state index >= 15 is 0 Å². The number of primary amides is 1. The van der Waals surface area contributed by atoms with Gasteiger partial charge in [0.1, 0.15) is 18.6 Å². The molecule has 0 aliphatic carbocycles. The summed E-state index contributed by atoms with van der Waals surface area (Å²) in [6.45, 7) is 3.78. The van der Waals surface area contributed by atoms with Crippen molar-refractivity contribution in [2.45, 2.75) is 51.5 Å². The fraction of sp³-hybridized carbons (Fsp3) is 0.455. The maximum atomic E-state index is 12.6. The molecule has 1 heterocycles. The molecule has 2 unspecified atom stereocenters. The zero-order chi connectivity index (χ0) is 26.1. The molecule has 1 aliphatic heterocycles. The van der Waals surface area contributed by atoms with Crippen LogP contribution in [0.5, 0.6) is 0 Å². The van der Waals surface area contributed by atoms with Crippen molar-refractivity contribution in [2.75, 3.05) is 13.2 Å². The molecule has 0 radical (unpaired) electrons. The van der Waals surface area contributed by atoms with Crippen LogP contribution in [-0.4, -0.2) is 78.0 Å². The van der Waals surface area contributed by atoms with Crippen LogP contribution in [0.15, 0.2) is 30.3 Å². The summed E-state index contributed by atoms with van der Waals surface area (Å²) >= 11 is 0. The van der Waals surface area contributed by atoms with Crippen molar-refractivity contribution >= 4 is 35.5 Å². The van der Waals surface area contributed by atoms with Gasteiger partial charge in [0.2, 0.25) is 17.7 Å². The maximum absolute atomic E-state index is 12.6. The molecule has 1 aliphatic rings. The largest absolute Gasteiger partial charge is 0.464 e. The number of hydrogen-bond acceptors (Lipinski definition) is 8. The summed E-state index contributed by atoms with van der Waals surface area (Å²) in [6, 6.07) is 6.85. The van der Waals surface area contributed by atoms with E-state index in [1.807, 2.05) is 6.07 Å². The second-order valence-electron chi connectivity index (χ2n) is 7.78. The predicted molar refractivity (Wildman–Crippen MR) is 120 cm³/mol. The summed E-state index contributed by atoms with van der Waals surface area (Å²) in [5.74, 6) is -4.43. The Balaban J connectivity index is 1.88. The van der Waals surface area contributed by atoms with Gasteiger partial charge < -0.3 is 25.8 Å². The Hall–Kier alpha value is -4.00. The van der Waals surface area contributed by atoms with Crippen molar-refractivity contribution in [3.05, 3.63) is 35.9 Å². The molecule has 0 aromatic heterocycles. The molecular weight excluding hydrogens is 462 g/mol. The quantitative estimate of drug-likeness (QED) is 0.154. The number of carbonyl (C=O) groups is 6. The van der Waals surface area contributed by atoms with Crippen LogP contribution >= 0.6 is 0 Å². The lowest BCUT2D eigenvalue weighted by atomic mass is 10.1. The molecule has 0 bridgehead atoms. The van der Waals surface area contributed by atoms with Crippen LogP contribution in [0.3, 0.4) is 0 Å². The van der Waals surface area contributed by atoms with Crippen molar-refractivity contribution in [3.8, 4) is 0 Å². The number of amides is 5. The van der Waals surface area contributed by atoms with Crippen LogP contribution in [0.2, 0.25) is 0 Å². The number of epoxide rings is 1. The third-order valence-electron chi connectivity index (χ3n) is 4.81. The first-order chi connectivity index (χ1) is 16.5. The van der Waals surface area contributed by atoms with Gasteiger partial charge in [-0.05, 0) is 26.3 Å². The van der Waals surface area contributed by atoms with E-state index in [0.29, 0.717) is 5.01 Å². The van der Waals surface area contributed by atoms with Gasteiger partial charge >= 0.3 is 5.97 Å². The molecule has 5 amide bonds. The molecule has 13 heteroatoms. The van der Waals surface area contributed by atoms with Crippen LogP contribution in [0.25, 0.3) is 0 Å². The third-order valence-corrected chi connectivity index (χ3v) is 4.81. The highest BCUT2D eigenvalue weighted by atomic mass is 16.6. The van der Waals surface area contributed by atoms with Crippen molar-refractivity contribution < 1.29 is 38.2 Å². The summed E-state index contributed by atoms with van der Waals surface area (Å²) in [4.78, 5) is 72.7. The van der Waals surface area contributed by atoms with E-state index in [2.05, 4.69) is 16.1 Å². The molecule has 2 rings (SSSR count). The number of nitrogens with zero attached hydrogens (tertiary/aromatic N) is 1. The van der Waals surface area contributed by atoms with Gasteiger partial charge in [-0.3, -0.25) is 29.4 Å². The number of benzene rings is 1. The maximum Gasteiger partial charge on any atom is 0.338 e. The first kappa shape index (κ1) is 27.2. The number of nitrogens with two attached hydrogens (primary N) is 1. The highest BCUT2D eigenvalue weighted by Crippen LogP contribution is 2.25. The monoisotopic (exact) mass is 491 g/mol. The van der Waals surface area contributed by atoms with E-state index in [0.717, 1.165) is 5.56 Å². The van der Waals surface area contributed by atoms with Crippen LogP contribution in [0.4, 0.5) is 0 Å². The second-order valence-corrected chi connectivity index (χ2v) is 7.78. The van der Waals surface area contributed by atoms with E-state index in [4.69, 9.17) is 15.2 Å². The molecule has 1 fully saturated rings. The molecule has 1 aromatic carbocycles. The van der Waals surface area contributed by atoms with Crippen LogP contribution < -0.4 is 21.8 Å². The molecule has 1 saturated heterocycles. The lowest BCUT2D eigenvalue weighted by Crippen LogP contribution is -2.57. The minimum absolute atomic E-state index is 0.0781. The molecule has 0 saturated carbocycles. The SMILES string of the molecule is CCOC(=O)C1OC1C(=O)N(CC(N)=O)NC(=O)[C@@H](C)NC(=O)[C@@H](C)NC(=O)Cc1ccccc1. The van der Waals surface area contributed by atoms with Gasteiger partial charge in [-0.15, -0.1) is 0 Å². The van der Waals surface area contributed by atoms with E-state index in [1.54, 1.807) is 31.2 Å². The lowest BCUT2D eigenvalue weighted by molar-refractivity contribution is -0.146. The Morgan fingerprint density at radius 2 is 1.63 bits per heavy atom. The van der Waals surface area contributed by atoms with Gasteiger partial charge in [-0.2, -0.15) is 0 Å². The number of esters is 1. The summed E-state index contributed by atoms with van der Waals surface area (Å²) in [5.41, 5.74) is 8.10. The first-order valence-corrected chi connectivity index (χ1v) is 10.9. The molecule has 0 spiro atoms. The third kappa shape index (κ3) is 8.37. The average Bonchev–Trinajstić information content (AvgIpc) is 3.59. The van der Waals surface area contributed by atoms with Gasteiger partial charge in [0.05, 0.1) is 13.0 Å². The Kier molecular flexibility index (Phi) is 9.70. The van der Waals surface area contributed by atoms with Crippen LogP contribution in [0, 0.1) is 0 Å². The molecular formula is C22H29N5O8. The lowest BCUT2D eigenvalue weighted by Gasteiger charge is -2.24. The van der Waals surface area contributed by atoms with Crippen molar-refractivity contribution in [1.29, 1.82) is 0 Å². The Morgan fingerprint density at radius 1 is 1.00 bits per heavy atom. The highest BCUT2D eigenvalue weighted by Gasteiger charge is 2.53. The average molecular weight is 492 g/mol. The zero-order valence-electron chi connectivity index (χ0n) is 19.6. The minimum atomic E-state index is -1.24. The highest BCUT2D eigenvalue weighted by molar-refractivity contribution is 5.97. The number of hydrazine groups is 1. The van der Waals surface area contributed by atoms with Crippen LogP contribution in [0.1, 0.15) is 26.3 Å². The Morgan fingerprint density at radius 3 is 2.23 bits per heavy atom. The molecule has 13 nitrogen and oxygen atoms in total.